The fraction of sp³-hybridized carbons (Fsp3) is 0.200. The summed E-state index contributed by atoms with van der Waals surface area (Å²) in [6, 6.07) is 1.78. The molecule has 0 saturated heterocycles. The van der Waals surface area contributed by atoms with E-state index in [1.807, 2.05) is 0 Å². The van der Waals surface area contributed by atoms with E-state index in [0.29, 0.717) is 0 Å². The summed E-state index contributed by atoms with van der Waals surface area (Å²) in [5.74, 6) is -2.44. The molecule has 5 nitrogen and oxygen atoms in total. The minimum atomic E-state index is -0.602. The van der Waals surface area contributed by atoms with Gasteiger partial charge in [0.25, 0.3) is 0 Å². The van der Waals surface area contributed by atoms with E-state index in [9.17, 15) is 14.7 Å². The van der Waals surface area contributed by atoms with Gasteiger partial charge in [-0.1, -0.05) is 0 Å². The van der Waals surface area contributed by atoms with Crippen molar-refractivity contribution < 1.29 is 24.9 Å². The number of Topliss-reactive ketones (excluding diaryl/α,β-unsaturated/α-hetero) is 2. The van der Waals surface area contributed by atoms with Crippen LogP contribution in [0.4, 0.5) is 0 Å². The van der Waals surface area contributed by atoms with Gasteiger partial charge in [0, 0.05) is 6.07 Å². The molecule has 80 valence electrons. The Morgan fingerprint density at radius 1 is 1.07 bits per heavy atom. The van der Waals surface area contributed by atoms with Gasteiger partial charge in [-0.25, -0.2) is 0 Å². The Morgan fingerprint density at radius 3 is 2.13 bits per heavy atom. The van der Waals surface area contributed by atoms with Gasteiger partial charge in [0.15, 0.2) is 17.3 Å². The molecule has 0 fully saturated rings. The van der Waals surface area contributed by atoms with Gasteiger partial charge < -0.3 is 15.3 Å². The summed E-state index contributed by atoms with van der Waals surface area (Å²) in [7, 11) is 0. The largest absolute Gasteiger partial charge is 0.507 e. The first-order chi connectivity index (χ1) is 6.91. The summed E-state index contributed by atoms with van der Waals surface area (Å²) in [6.07, 6.45) is -0.349. The second kappa shape index (κ2) is 4.00. The third-order valence-electron chi connectivity index (χ3n) is 1.80. The molecule has 0 spiro atoms. The standard InChI is InChI=1S/C10H10O5/c1-5(11)2-7(12)6-3-9(14)10(15)4-8(6)13/h3-4,13-15H,2H2,1H3. The van der Waals surface area contributed by atoms with Crippen LogP contribution in [0.2, 0.25) is 0 Å². The van der Waals surface area contributed by atoms with E-state index in [1.165, 1.54) is 6.92 Å². The molecule has 0 aromatic heterocycles. The van der Waals surface area contributed by atoms with Crippen molar-refractivity contribution in [2.75, 3.05) is 0 Å². The lowest BCUT2D eigenvalue weighted by Crippen LogP contribution is -2.05. The molecule has 0 aliphatic heterocycles. The minimum absolute atomic E-state index is 0.180. The molecule has 0 heterocycles. The smallest absolute Gasteiger partial charge is 0.174 e. The SMILES string of the molecule is CC(=O)CC(=O)c1cc(O)c(O)cc1O. The number of carbonyl (C=O) groups is 2. The normalized spacial score (nSPS) is 9.93. The molecule has 0 unspecified atom stereocenters. The Morgan fingerprint density at radius 2 is 1.60 bits per heavy atom. The molecule has 0 aliphatic rings. The minimum Gasteiger partial charge on any atom is -0.507 e. The fourth-order valence-corrected chi connectivity index (χ4v) is 1.11. The average Bonchev–Trinajstić information content (AvgIpc) is 2.09. The lowest BCUT2D eigenvalue weighted by Gasteiger charge is -2.04. The van der Waals surface area contributed by atoms with Crippen LogP contribution in [0.3, 0.4) is 0 Å². The lowest BCUT2D eigenvalue weighted by molar-refractivity contribution is -0.116. The highest BCUT2D eigenvalue weighted by Crippen LogP contribution is 2.32. The maximum atomic E-state index is 11.4. The molecule has 0 radical (unpaired) electrons. The maximum absolute atomic E-state index is 11.4. The zero-order valence-corrected chi connectivity index (χ0v) is 8.02. The summed E-state index contributed by atoms with van der Waals surface area (Å²) in [5, 5.41) is 27.4. The highest BCUT2D eigenvalue weighted by Gasteiger charge is 2.16. The van der Waals surface area contributed by atoms with Crippen LogP contribution in [0.15, 0.2) is 12.1 Å². The molecular weight excluding hydrogens is 200 g/mol. The number of rotatable bonds is 3. The van der Waals surface area contributed by atoms with Crippen molar-refractivity contribution >= 4 is 11.6 Å². The van der Waals surface area contributed by atoms with Gasteiger partial charge in [-0.3, -0.25) is 9.59 Å². The zero-order chi connectivity index (χ0) is 11.6. The first kappa shape index (κ1) is 11.0. The van der Waals surface area contributed by atoms with Gasteiger partial charge in [0.05, 0.1) is 12.0 Å². The van der Waals surface area contributed by atoms with Crippen LogP contribution in [0.1, 0.15) is 23.7 Å². The summed E-state index contributed by atoms with van der Waals surface area (Å²) >= 11 is 0. The van der Waals surface area contributed by atoms with E-state index in [1.54, 1.807) is 0 Å². The van der Waals surface area contributed by atoms with Gasteiger partial charge in [0.2, 0.25) is 0 Å². The van der Waals surface area contributed by atoms with Crippen molar-refractivity contribution in [3.8, 4) is 17.2 Å². The number of ketones is 2. The summed E-state index contributed by atoms with van der Waals surface area (Å²) in [6.45, 7) is 1.25. The first-order valence-corrected chi connectivity index (χ1v) is 4.19. The number of phenolic OH excluding ortho intramolecular Hbond substituents is 3. The molecule has 0 amide bonds. The van der Waals surface area contributed by atoms with Gasteiger partial charge in [-0.15, -0.1) is 0 Å². The third kappa shape index (κ3) is 2.46. The summed E-state index contributed by atoms with van der Waals surface area (Å²) in [5.41, 5.74) is -0.180. The highest BCUT2D eigenvalue weighted by atomic mass is 16.3. The molecule has 0 saturated carbocycles. The average molecular weight is 210 g/mol. The quantitative estimate of drug-likeness (QED) is 0.299. The first-order valence-electron chi connectivity index (χ1n) is 4.19. The number of hydrogen-bond acceptors (Lipinski definition) is 5. The van der Waals surface area contributed by atoms with Crippen molar-refractivity contribution in [2.24, 2.45) is 0 Å². The van der Waals surface area contributed by atoms with Crippen molar-refractivity contribution in [1.82, 2.24) is 0 Å². The molecule has 0 atom stereocenters. The van der Waals surface area contributed by atoms with Gasteiger partial charge in [-0.05, 0) is 13.0 Å². The van der Waals surface area contributed by atoms with Crippen molar-refractivity contribution in [2.45, 2.75) is 13.3 Å². The Kier molecular flexibility index (Phi) is 2.94. The zero-order valence-electron chi connectivity index (χ0n) is 8.02. The van der Waals surface area contributed by atoms with E-state index in [-0.39, 0.29) is 17.8 Å². The Hall–Kier alpha value is -2.04. The van der Waals surface area contributed by atoms with E-state index in [0.717, 1.165) is 12.1 Å². The van der Waals surface area contributed by atoms with E-state index in [2.05, 4.69) is 0 Å². The predicted molar refractivity (Wildman–Crippen MR) is 51.1 cm³/mol. The Balaban J connectivity index is 3.09. The van der Waals surface area contributed by atoms with Crippen LogP contribution in [0, 0.1) is 0 Å². The molecule has 1 aromatic rings. The number of benzene rings is 1. The van der Waals surface area contributed by atoms with Gasteiger partial charge in [0.1, 0.15) is 11.5 Å². The van der Waals surface area contributed by atoms with Crippen LogP contribution in [0.5, 0.6) is 17.2 Å². The van der Waals surface area contributed by atoms with Crippen molar-refractivity contribution in [3.05, 3.63) is 17.7 Å². The predicted octanol–water partition coefficient (Wildman–Crippen LogP) is 0.965. The monoisotopic (exact) mass is 210 g/mol. The summed E-state index contributed by atoms with van der Waals surface area (Å²) < 4.78 is 0. The lowest BCUT2D eigenvalue weighted by atomic mass is 10.0. The van der Waals surface area contributed by atoms with Crippen LogP contribution < -0.4 is 0 Å². The molecule has 0 aliphatic carbocycles. The molecule has 15 heavy (non-hydrogen) atoms. The topological polar surface area (TPSA) is 94.8 Å². The molecule has 0 bridgehead atoms. The fourth-order valence-electron chi connectivity index (χ4n) is 1.11. The molecule has 1 aromatic carbocycles. The van der Waals surface area contributed by atoms with Crippen LogP contribution >= 0.6 is 0 Å². The van der Waals surface area contributed by atoms with Crippen molar-refractivity contribution in [3.63, 3.8) is 0 Å². The molecule has 1 rings (SSSR count). The molecular formula is C10H10O5. The Bertz CT molecular complexity index is 422. The molecule has 5 heteroatoms. The second-order valence-corrected chi connectivity index (χ2v) is 3.16. The number of phenols is 3. The summed E-state index contributed by atoms with van der Waals surface area (Å²) in [4.78, 5) is 22.0. The van der Waals surface area contributed by atoms with E-state index >= 15 is 0 Å². The van der Waals surface area contributed by atoms with Gasteiger partial charge in [-0.2, -0.15) is 0 Å². The number of carbonyl (C=O) groups excluding carboxylic acids is 2. The maximum Gasteiger partial charge on any atom is 0.174 e. The van der Waals surface area contributed by atoms with Crippen LogP contribution in [0.25, 0.3) is 0 Å². The van der Waals surface area contributed by atoms with E-state index < -0.39 is 23.0 Å². The second-order valence-electron chi connectivity index (χ2n) is 3.16. The van der Waals surface area contributed by atoms with Crippen molar-refractivity contribution in [1.29, 1.82) is 0 Å². The third-order valence-corrected chi connectivity index (χ3v) is 1.80. The van der Waals surface area contributed by atoms with Crippen LogP contribution in [-0.2, 0) is 4.79 Å². The highest BCUT2D eigenvalue weighted by molar-refractivity contribution is 6.09. The van der Waals surface area contributed by atoms with E-state index in [4.69, 9.17) is 10.2 Å². The van der Waals surface area contributed by atoms with Crippen LogP contribution in [-0.4, -0.2) is 26.9 Å². The molecule has 3 N–H and O–H groups in total. The number of aromatic hydroxyl groups is 3. The number of hydrogen-bond donors (Lipinski definition) is 3. The Labute approximate surface area is 85.6 Å². The van der Waals surface area contributed by atoms with Gasteiger partial charge >= 0.3 is 0 Å².